The van der Waals surface area contributed by atoms with Gasteiger partial charge in [-0.1, -0.05) is 23.9 Å². The summed E-state index contributed by atoms with van der Waals surface area (Å²) in [5.74, 6) is -1.02. The number of hydrogen-bond donors (Lipinski definition) is 2. The number of rotatable bonds is 5. The molecule has 0 saturated heterocycles. The van der Waals surface area contributed by atoms with Crippen molar-refractivity contribution in [3.05, 3.63) is 29.8 Å². The van der Waals surface area contributed by atoms with Gasteiger partial charge < -0.3 is 10.8 Å². The molecule has 0 aromatic heterocycles. The predicted octanol–water partition coefficient (Wildman–Crippen LogP) is 2.87. The number of thioether (sulfide) groups is 1. The molecule has 0 aliphatic heterocycles. The van der Waals surface area contributed by atoms with Gasteiger partial charge in [-0.3, -0.25) is 4.79 Å². The van der Waals surface area contributed by atoms with Gasteiger partial charge in [-0.2, -0.15) is 8.78 Å². The van der Waals surface area contributed by atoms with Crippen molar-refractivity contribution in [2.75, 3.05) is 0 Å². The molecule has 1 aromatic rings. The average molecular weight is 261 g/mol. The van der Waals surface area contributed by atoms with Crippen molar-refractivity contribution in [1.29, 1.82) is 0 Å². The zero-order chi connectivity index (χ0) is 13.1. The first-order chi connectivity index (χ1) is 7.78. The molecule has 1 aromatic carbocycles. The van der Waals surface area contributed by atoms with E-state index in [1.54, 1.807) is 18.2 Å². The molecule has 6 heteroatoms. The first kappa shape index (κ1) is 13.9. The van der Waals surface area contributed by atoms with Crippen LogP contribution in [0.5, 0.6) is 0 Å². The number of hydrogen-bond acceptors (Lipinski definition) is 3. The summed E-state index contributed by atoms with van der Waals surface area (Å²) in [7, 11) is 0. The Labute approximate surface area is 102 Å². The molecule has 3 N–H and O–H groups in total. The van der Waals surface area contributed by atoms with Crippen LogP contribution in [0.2, 0.25) is 0 Å². The summed E-state index contributed by atoms with van der Waals surface area (Å²) in [4.78, 5) is 10.9. The molecular weight excluding hydrogens is 248 g/mol. The van der Waals surface area contributed by atoms with Gasteiger partial charge in [-0.25, -0.2) is 0 Å². The highest BCUT2D eigenvalue weighted by molar-refractivity contribution is 8.00. The molecule has 0 saturated carbocycles. The number of carbonyl (C=O) groups is 1. The topological polar surface area (TPSA) is 63.3 Å². The van der Waals surface area contributed by atoms with E-state index in [2.05, 4.69) is 0 Å². The van der Waals surface area contributed by atoms with Gasteiger partial charge in [0, 0.05) is 17.9 Å². The molecule has 0 amide bonds. The molecule has 0 heterocycles. The van der Waals surface area contributed by atoms with Gasteiger partial charge in [0.15, 0.2) is 0 Å². The van der Waals surface area contributed by atoms with Gasteiger partial charge in [-0.05, 0) is 17.7 Å². The molecule has 17 heavy (non-hydrogen) atoms. The lowest BCUT2D eigenvalue weighted by molar-refractivity contribution is -0.137. The minimum Gasteiger partial charge on any atom is -0.481 e. The fourth-order valence-electron chi connectivity index (χ4n) is 1.32. The summed E-state index contributed by atoms with van der Waals surface area (Å²) < 4.78 is 25.6. The van der Waals surface area contributed by atoms with E-state index in [-0.39, 0.29) is 6.42 Å². The van der Waals surface area contributed by atoms with E-state index in [0.29, 0.717) is 22.2 Å². The van der Waals surface area contributed by atoms with Crippen molar-refractivity contribution in [2.45, 2.75) is 29.5 Å². The van der Waals surface area contributed by atoms with Crippen molar-refractivity contribution in [2.24, 2.45) is 5.73 Å². The zero-order valence-electron chi connectivity index (χ0n) is 9.19. The molecule has 0 bridgehead atoms. The first-order valence-electron chi connectivity index (χ1n) is 4.92. The Balaban J connectivity index is 2.82. The summed E-state index contributed by atoms with van der Waals surface area (Å²) in [5.41, 5.74) is 6.19. The van der Waals surface area contributed by atoms with Crippen molar-refractivity contribution in [3.63, 3.8) is 0 Å². The molecule has 0 spiro atoms. The van der Waals surface area contributed by atoms with Gasteiger partial charge >= 0.3 is 5.97 Å². The van der Waals surface area contributed by atoms with Crippen LogP contribution in [0.1, 0.15) is 24.9 Å². The Morgan fingerprint density at radius 3 is 2.76 bits per heavy atom. The Kier molecular flexibility index (Phi) is 4.47. The molecule has 1 unspecified atom stereocenters. The smallest absolute Gasteiger partial charge is 0.305 e. The van der Waals surface area contributed by atoms with Crippen molar-refractivity contribution in [1.82, 2.24) is 0 Å². The molecule has 0 aliphatic carbocycles. The Morgan fingerprint density at radius 2 is 2.24 bits per heavy atom. The number of nitrogens with two attached hydrogens (primary N) is 1. The highest BCUT2D eigenvalue weighted by atomic mass is 32.2. The molecule has 0 radical (unpaired) electrons. The second-order valence-corrected chi connectivity index (χ2v) is 5.08. The molecule has 3 nitrogen and oxygen atoms in total. The van der Waals surface area contributed by atoms with Crippen LogP contribution in [0, 0.1) is 0 Å². The zero-order valence-corrected chi connectivity index (χ0v) is 10.0. The van der Waals surface area contributed by atoms with E-state index in [1.165, 1.54) is 6.07 Å². The molecule has 0 aliphatic rings. The lowest BCUT2D eigenvalue weighted by atomic mass is 10.1. The van der Waals surface area contributed by atoms with Gasteiger partial charge in [0.1, 0.15) is 0 Å². The highest BCUT2D eigenvalue weighted by Gasteiger charge is 2.23. The van der Waals surface area contributed by atoms with Crippen molar-refractivity contribution in [3.8, 4) is 0 Å². The van der Waals surface area contributed by atoms with Crippen LogP contribution in [0.15, 0.2) is 29.2 Å². The summed E-state index contributed by atoms with van der Waals surface area (Å²) in [6, 6.07) is 5.57. The summed E-state index contributed by atoms with van der Waals surface area (Å²) in [6.07, 6.45) is -0.226. The maximum Gasteiger partial charge on any atom is 0.305 e. The minimum absolute atomic E-state index is 0.226. The van der Waals surface area contributed by atoms with Crippen LogP contribution in [0.3, 0.4) is 0 Å². The lowest BCUT2D eigenvalue weighted by Crippen LogP contribution is -2.15. The first-order valence-corrected chi connectivity index (χ1v) is 5.74. The molecular formula is C11H13F2NO2S. The Morgan fingerprint density at radius 1 is 1.59 bits per heavy atom. The quantitative estimate of drug-likeness (QED) is 0.800. The van der Waals surface area contributed by atoms with Crippen LogP contribution in [0.25, 0.3) is 0 Å². The number of aliphatic carboxylic acids is 1. The third kappa shape index (κ3) is 5.14. The maximum absolute atomic E-state index is 12.8. The molecule has 94 valence electrons. The number of carboxylic acid groups (broad SMARTS) is 1. The highest BCUT2D eigenvalue weighted by Crippen LogP contribution is 2.35. The fraction of sp³-hybridized carbons (Fsp3) is 0.364. The molecule has 1 atom stereocenters. The van der Waals surface area contributed by atoms with Gasteiger partial charge in [-0.15, -0.1) is 0 Å². The molecule has 1 rings (SSSR count). The van der Waals surface area contributed by atoms with E-state index < -0.39 is 17.3 Å². The number of halogens is 2. The van der Waals surface area contributed by atoms with Crippen LogP contribution in [0.4, 0.5) is 8.78 Å². The van der Waals surface area contributed by atoms with Crippen LogP contribution < -0.4 is 5.73 Å². The van der Waals surface area contributed by atoms with E-state index >= 15 is 0 Å². The maximum atomic E-state index is 12.8. The summed E-state index contributed by atoms with van der Waals surface area (Å²) >= 11 is 0.415. The van der Waals surface area contributed by atoms with Crippen LogP contribution in [-0.4, -0.2) is 16.3 Å². The van der Waals surface area contributed by atoms with E-state index in [9.17, 15) is 13.6 Å². The molecule has 0 fully saturated rings. The van der Waals surface area contributed by atoms with E-state index in [1.807, 2.05) is 0 Å². The predicted molar refractivity (Wildman–Crippen MR) is 62.1 cm³/mol. The lowest BCUT2D eigenvalue weighted by Gasteiger charge is -2.13. The number of benzene rings is 1. The summed E-state index contributed by atoms with van der Waals surface area (Å²) in [5, 5.41) is 5.73. The minimum atomic E-state index is -2.87. The fourth-order valence-corrected chi connectivity index (χ4v) is 2.08. The average Bonchev–Trinajstić information content (AvgIpc) is 2.14. The normalized spacial score (nSPS) is 13.4. The largest absolute Gasteiger partial charge is 0.481 e. The van der Waals surface area contributed by atoms with E-state index in [0.717, 1.165) is 6.92 Å². The second-order valence-electron chi connectivity index (χ2n) is 3.69. The van der Waals surface area contributed by atoms with Crippen LogP contribution in [-0.2, 0) is 4.79 Å². The Bertz CT molecular complexity index is 407. The third-order valence-electron chi connectivity index (χ3n) is 1.98. The Hall–Kier alpha value is -1.14. The number of alkyl halides is 2. The SMILES string of the molecule is CC(F)(F)Sc1cccc(C(N)CC(=O)O)c1. The van der Waals surface area contributed by atoms with Gasteiger partial charge in [0.2, 0.25) is 0 Å². The van der Waals surface area contributed by atoms with Gasteiger partial charge in [0.05, 0.1) is 6.42 Å². The standard InChI is InChI=1S/C11H13F2NO2S/c1-11(12,13)17-8-4-2-3-7(5-8)9(14)6-10(15)16/h2-5,9H,6,14H2,1H3,(H,15,16). The second kappa shape index (κ2) is 5.46. The van der Waals surface area contributed by atoms with Crippen LogP contribution >= 0.6 is 11.8 Å². The van der Waals surface area contributed by atoms with Gasteiger partial charge in [0.25, 0.3) is 5.25 Å². The summed E-state index contributed by atoms with van der Waals surface area (Å²) in [6.45, 7) is 0.807. The van der Waals surface area contributed by atoms with Crippen molar-refractivity contribution >= 4 is 17.7 Å². The van der Waals surface area contributed by atoms with Crippen molar-refractivity contribution < 1.29 is 18.7 Å². The third-order valence-corrected chi connectivity index (χ3v) is 2.83. The number of carboxylic acids is 1. The van der Waals surface area contributed by atoms with E-state index in [4.69, 9.17) is 10.8 Å². The monoisotopic (exact) mass is 261 g/mol.